The Kier molecular flexibility index (Phi) is 6.56. The normalized spacial score (nSPS) is 10.6. The van der Waals surface area contributed by atoms with Crippen LogP contribution in [0.15, 0.2) is 48.8 Å². The van der Waals surface area contributed by atoms with Crippen LogP contribution in [0.4, 0.5) is 5.69 Å². The summed E-state index contributed by atoms with van der Waals surface area (Å²) < 4.78 is 5.84. The van der Waals surface area contributed by atoms with Gasteiger partial charge in [-0.1, -0.05) is 26.0 Å². The van der Waals surface area contributed by atoms with Crippen LogP contribution in [-0.2, 0) is 0 Å². The predicted molar refractivity (Wildman–Crippen MR) is 91.9 cm³/mol. The van der Waals surface area contributed by atoms with E-state index in [1.807, 2.05) is 24.3 Å². The van der Waals surface area contributed by atoms with Crippen molar-refractivity contribution in [3.8, 4) is 5.75 Å². The third kappa shape index (κ3) is 5.07. The molecule has 5 nitrogen and oxygen atoms in total. The highest BCUT2D eigenvalue weighted by molar-refractivity contribution is 6.04. The summed E-state index contributed by atoms with van der Waals surface area (Å²) in [5, 5.41) is 2.89. The van der Waals surface area contributed by atoms with Gasteiger partial charge < -0.3 is 15.0 Å². The van der Waals surface area contributed by atoms with E-state index in [-0.39, 0.29) is 5.91 Å². The summed E-state index contributed by atoms with van der Waals surface area (Å²) in [5.74, 6) is 0.509. The number of benzene rings is 1. The molecule has 1 N–H and O–H groups in total. The maximum Gasteiger partial charge on any atom is 0.255 e. The number of rotatable bonds is 8. The van der Waals surface area contributed by atoms with E-state index < -0.39 is 0 Å². The van der Waals surface area contributed by atoms with Gasteiger partial charge in [-0.25, -0.2) is 0 Å². The van der Waals surface area contributed by atoms with Crippen LogP contribution in [0.3, 0.4) is 0 Å². The summed E-state index contributed by atoms with van der Waals surface area (Å²) in [6, 6.07) is 10.8. The van der Waals surface area contributed by atoms with Gasteiger partial charge in [0, 0.05) is 24.5 Å². The number of carbonyl (C=O) groups excluding carboxylic acids is 1. The fraction of sp³-hybridized carbons (Fsp3) is 0.333. The molecule has 1 aromatic carbocycles. The Morgan fingerprint density at radius 1 is 1.13 bits per heavy atom. The molecule has 0 spiro atoms. The molecule has 1 aromatic heterocycles. The van der Waals surface area contributed by atoms with Crippen LogP contribution in [0.25, 0.3) is 0 Å². The molecule has 0 aliphatic carbocycles. The number of nitrogens with zero attached hydrogens (tertiary/aromatic N) is 2. The number of hydrogen-bond acceptors (Lipinski definition) is 4. The molecule has 5 heteroatoms. The van der Waals surface area contributed by atoms with Crippen LogP contribution >= 0.6 is 0 Å². The molecule has 0 aliphatic rings. The number of pyridine rings is 1. The van der Waals surface area contributed by atoms with E-state index in [1.54, 1.807) is 24.5 Å². The number of ether oxygens (including phenoxy) is 1. The fourth-order valence-electron chi connectivity index (χ4n) is 2.22. The van der Waals surface area contributed by atoms with Crippen LogP contribution in [0.1, 0.15) is 24.2 Å². The zero-order valence-corrected chi connectivity index (χ0v) is 13.7. The summed E-state index contributed by atoms with van der Waals surface area (Å²) in [6.45, 7) is 7.71. The summed E-state index contributed by atoms with van der Waals surface area (Å²) in [7, 11) is 0. The van der Waals surface area contributed by atoms with Crippen molar-refractivity contribution < 1.29 is 9.53 Å². The minimum Gasteiger partial charge on any atom is -0.490 e. The van der Waals surface area contributed by atoms with E-state index in [2.05, 4.69) is 29.0 Å². The molecule has 1 heterocycles. The van der Waals surface area contributed by atoms with E-state index >= 15 is 0 Å². The number of hydrogen-bond donors (Lipinski definition) is 1. The number of nitrogens with one attached hydrogen (secondary N) is 1. The Balaban J connectivity index is 1.99. The Labute approximate surface area is 137 Å². The van der Waals surface area contributed by atoms with Gasteiger partial charge in [0.05, 0.1) is 5.69 Å². The topological polar surface area (TPSA) is 54.5 Å². The lowest BCUT2D eigenvalue weighted by molar-refractivity contribution is 0.102. The number of aromatic nitrogens is 1. The zero-order valence-electron chi connectivity index (χ0n) is 13.7. The maximum atomic E-state index is 12.2. The largest absolute Gasteiger partial charge is 0.490 e. The summed E-state index contributed by atoms with van der Waals surface area (Å²) >= 11 is 0. The SMILES string of the molecule is CCN(CC)CCOc1ccccc1NC(=O)c1ccncc1. The van der Waals surface area contributed by atoms with Crippen molar-refractivity contribution in [2.75, 3.05) is 31.6 Å². The van der Waals surface area contributed by atoms with Crippen LogP contribution in [0, 0.1) is 0 Å². The molecule has 23 heavy (non-hydrogen) atoms. The molecule has 0 radical (unpaired) electrons. The van der Waals surface area contributed by atoms with Crippen LogP contribution < -0.4 is 10.1 Å². The first-order valence-electron chi connectivity index (χ1n) is 7.90. The minimum atomic E-state index is -0.174. The minimum absolute atomic E-state index is 0.174. The van der Waals surface area contributed by atoms with E-state index in [0.29, 0.717) is 23.6 Å². The molecule has 0 bridgehead atoms. The quantitative estimate of drug-likeness (QED) is 0.814. The molecule has 122 valence electrons. The Morgan fingerprint density at radius 2 is 1.83 bits per heavy atom. The summed E-state index contributed by atoms with van der Waals surface area (Å²) in [5.41, 5.74) is 1.24. The molecular formula is C18H23N3O2. The van der Waals surface area contributed by atoms with Crippen molar-refractivity contribution >= 4 is 11.6 Å². The van der Waals surface area contributed by atoms with Gasteiger partial charge in [0.1, 0.15) is 12.4 Å². The second-order valence-electron chi connectivity index (χ2n) is 5.06. The standard InChI is InChI=1S/C18H23N3O2/c1-3-21(4-2)13-14-23-17-8-6-5-7-16(17)20-18(22)15-9-11-19-12-10-15/h5-12H,3-4,13-14H2,1-2H3,(H,20,22). The van der Waals surface area contributed by atoms with E-state index in [0.717, 1.165) is 19.6 Å². The second kappa shape index (κ2) is 8.90. The van der Waals surface area contributed by atoms with E-state index in [9.17, 15) is 4.79 Å². The lowest BCUT2D eigenvalue weighted by Gasteiger charge is -2.19. The molecule has 0 atom stereocenters. The van der Waals surface area contributed by atoms with Crippen LogP contribution in [-0.4, -0.2) is 42.0 Å². The first kappa shape index (κ1) is 17.0. The highest BCUT2D eigenvalue weighted by atomic mass is 16.5. The van der Waals surface area contributed by atoms with Crippen molar-refractivity contribution in [3.63, 3.8) is 0 Å². The molecule has 0 saturated heterocycles. The molecule has 2 rings (SSSR count). The van der Waals surface area contributed by atoms with Gasteiger partial charge in [-0.05, 0) is 37.4 Å². The molecule has 0 saturated carbocycles. The van der Waals surface area contributed by atoms with Crippen molar-refractivity contribution in [1.29, 1.82) is 0 Å². The van der Waals surface area contributed by atoms with Gasteiger partial charge in [-0.15, -0.1) is 0 Å². The molecular weight excluding hydrogens is 290 g/mol. The zero-order chi connectivity index (χ0) is 16.5. The van der Waals surface area contributed by atoms with Gasteiger partial charge >= 0.3 is 0 Å². The number of amides is 1. The van der Waals surface area contributed by atoms with Crippen molar-refractivity contribution in [1.82, 2.24) is 9.88 Å². The third-order valence-corrected chi connectivity index (χ3v) is 3.64. The van der Waals surface area contributed by atoms with Crippen molar-refractivity contribution in [2.24, 2.45) is 0 Å². The predicted octanol–water partition coefficient (Wildman–Crippen LogP) is 3.05. The van der Waals surface area contributed by atoms with Gasteiger partial charge in [0.15, 0.2) is 0 Å². The average molecular weight is 313 g/mol. The summed E-state index contributed by atoms with van der Waals surface area (Å²) in [4.78, 5) is 18.4. The van der Waals surface area contributed by atoms with E-state index in [4.69, 9.17) is 4.74 Å². The van der Waals surface area contributed by atoms with Gasteiger partial charge in [-0.2, -0.15) is 0 Å². The molecule has 0 aliphatic heterocycles. The van der Waals surface area contributed by atoms with Gasteiger partial charge in [-0.3, -0.25) is 9.78 Å². The third-order valence-electron chi connectivity index (χ3n) is 3.64. The average Bonchev–Trinajstić information content (AvgIpc) is 2.61. The van der Waals surface area contributed by atoms with Gasteiger partial charge in [0.25, 0.3) is 5.91 Å². The molecule has 1 amide bonds. The Hall–Kier alpha value is -2.40. The second-order valence-corrected chi connectivity index (χ2v) is 5.06. The highest BCUT2D eigenvalue weighted by Gasteiger charge is 2.09. The number of likely N-dealkylation sites (N-methyl/N-ethyl adjacent to an activating group) is 1. The maximum absolute atomic E-state index is 12.2. The van der Waals surface area contributed by atoms with Gasteiger partial charge in [0.2, 0.25) is 0 Å². The Bertz CT molecular complexity index is 613. The lowest BCUT2D eigenvalue weighted by atomic mass is 10.2. The highest BCUT2D eigenvalue weighted by Crippen LogP contribution is 2.24. The lowest BCUT2D eigenvalue weighted by Crippen LogP contribution is -2.28. The fourth-order valence-corrected chi connectivity index (χ4v) is 2.22. The molecule has 2 aromatic rings. The monoisotopic (exact) mass is 313 g/mol. The van der Waals surface area contributed by atoms with E-state index in [1.165, 1.54) is 0 Å². The first-order valence-corrected chi connectivity index (χ1v) is 7.90. The first-order chi connectivity index (χ1) is 11.2. The molecule has 0 unspecified atom stereocenters. The number of anilines is 1. The van der Waals surface area contributed by atoms with Crippen molar-refractivity contribution in [2.45, 2.75) is 13.8 Å². The number of carbonyl (C=O) groups is 1. The Morgan fingerprint density at radius 3 is 2.52 bits per heavy atom. The number of para-hydroxylation sites is 2. The van der Waals surface area contributed by atoms with Crippen LogP contribution in [0.2, 0.25) is 0 Å². The summed E-state index contributed by atoms with van der Waals surface area (Å²) in [6.07, 6.45) is 3.20. The molecule has 0 fully saturated rings. The van der Waals surface area contributed by atoms with Crippen molar-refractivity contribution in [3.05, 3.63) is 54.4 Å². The van der Waals surface area contributed by atoms with Crippen LogP contribution in [0.5, 0.6) is 5.75 Å². The smallest absolute Gasteiger partial charge is 0.255 e.